The van der Waals surface area contributed by atoms with Gasteiger partial charge in [0.25, 0.3) is 5.91 Å². The van der Waals surface area contributed by atoms with E-state index in [9.17, 15) is 4.79 Å². The molecule has 0 spiro atoms. The predicted octanol–water partition coefficient (Wildman–Crippen LogP) is 3.56. The Hall–Kier alpha value is -3.61. The highest BCUT2D eigenvalue weighted by atomic mass is 16.5. The summed E-state index contributed by atoms with van der Waals surface area (Å²) < 4.78 is 10.9. The van der Waals surface area contributed by atoms with E-state index in [0.29, 0.717) is 30.4 Å². The molecular weight excluding hydrogens is 356 g/mol. The summed E-state index contributed by atoms with van der Waals surface area (Å²) in [4.78, 5) is 20.8. The van der Waals surface area contributed by atoms with Gasteiger partial charge in [0.05, 0.1) is 25.0 Å². The van der Waals surface area contributed by atoms with Crippen molar-refractivity contribution in [1.29, 1.82) is 0 Å². The fourth-order valence-corrected chi connectivity index (χ4v) is 2.61. The van der Waals surface area contributed by atoms with Crippen LogP contribution < -0.4 is 20.1 Å². The first-order valence-electron chi connectivity index (χ1n) is 8.92. The first-order valence-corrected chi connectivity index (χ1v) is 8.92. The van der Waals surface area contributed by atoms with E-state index in [1.54, 1.807) is 7.11 Å². The Kier molecular flexibility index (Phi) is 6.41. The van der Waals surface area contributed by atoms with Crippen LogP contribution in [0.3, 0.4) is 0 Å². The summed E-state index contributed by atoms with van der Waals surface area (Å²) in [5.74, 6) is 1.57. The third-order valence-electron chi connectivity index (χ3n) is 3.98. The molecule has 7 nitrogen and oxygen atoms in total. The number of methoxy groups -OCH3 is 1. The van der Waals surface area contributed by atoms with Gasteiger partial charge in [0.1, 0.15) is 11.5 Å². The minimum Gasteiger partial charge on any atom is -0.496 e. The van der Waals surface area contributed by atoms with Crippen molar-refractivity contribution in [2.24, 2.45) is 0 Å². The van der Waals surface area contributed by atoms with Crippen molar-refractivity contribution in [1.82, 2.24) is 15.3 Å². The summed E-state index contributed by atoms with van der Waals surface area (Å²) in [7, 11) is 1.60. The first-order chi connectivity index (χ1) is 13.7. The van der Waals surface area contributed by atoms with Crippen LogP contribution in [0.25, 0.3) is 0 Å². The Morgan fingerprint density at radius 3 is 2.39 bits per heavy atom. The van der Waals surface area contributed by atoms with Gasteiger partial charge in [0, 0.05) is 24.5 Å². The van der Waals surface area contributed by atoms with Gasteiger partial charge in [-0.1, -0.05) is 30.3 Å². The highest BCUT2D eigenvalue weighted by Crippen LogP contribution is 2.25. The monoisotopic (exact) mass is 378 g/mol. The number of rotatable bonds is 8. The van der Waals surface area contributed by atoms with Crippen molar-refractivity contribution in [3.8, 4) is 11.5 Å². The lowest BCUT2D eigenvalue weighted by atomic mass is 10.2. The number of para-hydroxylation sites is 3. The molecule has 0 aliphatic carbocycles. The van der Waals surface area contributed by atoms with Crippen molar-refractivity contribution >= 4 is 17.5 Å². The Labute approximate surface area is 163 Å². The van der Waals surface area contributed by atoms with Gasteiger partial charge in [-0.05, 0) is 25.1 Å². The third-order valence-corrected chi connectivity index (χ3v) is 3.98. The Morgan fingerprint density at radius 1 is 1.00 bits per heavy atom. The maximum Gasteiger partial charge on any atom is 0.254 e. The van der Waals surface area contributed by atoms with Gasteiger partial charge in [-0.2, -0.15) is 0 Å². The number of amides is 1. The van der Waals surface area contributed by atoms with Crippen molar-refractivity contribution in [2.75, 3.05) is 19.0 Å². The van der Waals surface area contributed by atoms with E-state index >= 15 is 0 Å². The van der Waals surface area contributed by atoms with E-state index in [0.717, 1.165) is 17.0 Å². The van der Waals surface area contributed by atoms with Crippen LogP contribution in [0.15, 0.2) is 60.9 Å². The average Bonchev–Trinajstić information content (AvgIpc) is 2.74. The summed E-state index contributed by atoms with van der Waals surface area (Å²) in [6.45, 7) is 2.83. The Bertz CT molecular complexity index is 929. The maximum atomic E-state index is 12.4. The number of ether oxygens (including phenoxy) is 2. The van der Waals surface area contributed by atoms with Crippen LogP contribution >= 0.6 is 0 Å². The molecule has 2 aromatic carbocycles. The molecule has 0 radical (unpaired) electrons. The van der Waals surface area contributed by atoms with Gasteiger partial charge in [0.2, 0.25) is 5.95 Å². The number of hydrogen-bond donors (Lipinski definition) is 2. The lowest BCUT2D eigenvalue weighted by Gasteiger charge is -2.11. The molecule has 0 atom stereocenters. The van der Waals surface area contributed by atoms with Gasteiger partial charge in [-0.15, -0.1) is 0 Å². The molecule has 144 valence electrons. The number of carbonyl (C=O) groups excluding carboxylic acids is 1. The van der Waals surface area contributed by atoms with Crippen LogP contribution in [-0.4, -0.2) is 29.6 Å². The number of hydrogen-bond acceptors (Lipinski definition) is 6. The van der Waals surface area contributed by atoms with E-state index in [2.05, 4.69) is 20.6 Å². The van der Waals surface area contributed by atoms with Gasteiger partial charge < -0.3 is 20.1 Å². The average molecular weight is 378 g/mol. The molecular formula is C21H22N4O3. The summed E-state index contributed by atoms with van der Waals surface area (Å²) in [5, 5.41) is 5.95. The number of anilines is 2. The summed E-state index contributed by atoms with van der Waals surface area (Å²) in [5.41, 5.74) is 2.03. The Morgan fingerprint density at radius 2 is 1.68 bits per heavy atom. The second-order valence-corrected chi connectivity index (χ2v) is 5.84. The molecule has 7 heteroatoms. The molecule has 0 bridgehead atoms. The molecule has 2 N–H and O–H groups in total. The normalized spacial score (nSPS) is 10.2. The fraction of sp³-hybridized carbons (Fsp3) is 0.190. The van der Waals surface area contributed by atoms with Crippen molar-refractivity contribution < 1.29 is 14.3 Å². The molecule has 1 heterocycles. The lowest BCUT2D eigenvalue weighted by Crippen LogP contribution is -2.23. The number of nitrogens with one attached hydrogen (secondary N) is 2. The fourth-order valence-electron chi connectivity index (χ4n) is 2.61. The van der Waals surface area contributed by atoms with Crippen LogP contribution in [0.2, 0.25) is 0 Å². The molecule has 0 saturated heterocycles. The van der Waals surface area contributed by atoms with E-state index in [4.69, 9.17) is 9.47 Å². The molecule has 1 amide bonds. The summed E-state index contributed by atoms with van der Waals surface area (Å²) in [6.07, 6.45) is 2.96. The largest absolute Gasteiger partial charge is 0.496 e. The highest BCUT2D eigenvalue weighted by Gasteiger charge is 2.10. The topological polar surface area (TPSA) is 85.4 Å². The molecule has 0 aliphatic heterocycles. The Balaban J connectivity index is 1.63. The van der Waals surface area contributed by atoms with Gasteiger partial charge in [0.15, 0.2) is 0 Å². The number of carbonyl (C=O) groups is 1. The molecule has 3 rings (SSSR count). The molecule has 1 aromatic heterocycles. The zero-order chi connectivity index (χ0) is 19.8. The number of benzene rings is 2. The van der Waals surface area contributed by atoms with Crippen LogP contribution in [0.1, 0.15) is 22.8 Å². The number of nitrogens with zero attached hydrogens (tertiary/aromatic N) is 2. The molecule has 0 fully saturated rings. The lowest BCUT2D eigenvalue weighted by molar-refractivity contribution is 0.0950. The first kappa shape index (κ1) is 19.2. The van der Waals surface area contributed by atoms with E-state index in [-0.39, 0.29) is 5.91 Å². The van der Waals surface area contributed by atoms with Gasteiger partial charge >= 0.3 is 0 Å². The van der Waals surface area contributed by atoms with Gasteiger partial charge in [-0.3, -0.25) is 4.79 Å². The summed E-state index contributed by atoms with van der Waals surface area (Å²) >= 11 is 0. The number of aromatic nitrogens is 2. The van der Waals surface area contributed by atoms with E-state index in [1.807, 2.05) is 55.5 Å². The second kappa shape index (κ2) is 9.36. The molecule has 0 saturated carbocycles. The SMILES string of the molecule is CCOc1ccccc1Nc1ncc(C(=O)NCc2ccccc2OC)cn1. The molecule has 0 unspecified atom stereocenters. The zero-order valence-electron chi connectivity index (χ0n) is 15.8. The third kappa shape index (κ3) is 4.76. The highest BCUT2D eigenvalue weighted by molar-refractivity contribution is 5.93. The predicted molar refractivity (Wildman–Crippen MR) is 107 cm³/mol. The quantitative estimate of drug-likeness (QED) is 0.623. The second-order valence-electron chi connectivity index (χ2n) is 5.84. The van der Waals surface area contributed by atoms with Crippen LogP contribution in [0, 0.1) is 0 Å². The minimum atomic E-state index is -0.257. The van der Waals surface area contributed by atoms with Crippen LogP contribution in [0.5, 0.6) is 11.5 Å². The van der Waals surface area contributed by atoms with E-state index in [1.165, 1.54) is 12.4 Å². The van der Waals surface area contributed by atoms with Crippen molar-refractivity contribution in [2.45, 2.75) is 13.5 Å². The zero-order valence-corrected chi connectivity index (χ0v) is 15.8. The van der Waals surface area contributed by atoms with E-state index < -0.39 is 0 Å². The smallest absolute Gasteiger partial charge is 0.254 e. The molecule has 28 heavy (non-hydrogen) atoms. The minimum absolute atomic E-state index is 0.257. The molecule has 0 aliphatic rings. The molecule has 3 aromatic rings. The summed E-state index contributed by atoms with van der Waals surface area (Å²) in [6, 6.07) is 15.1. The van der Waals surface area contributed by atoms with Crippen LogP contribution in [-0.2, 0) is 6.54 Å². The van der Waals surface area contributed by atoms with Gasteiger partial charge in [-0.25, -0.2) is 9.97 Å². The van der Waals surface area contributed by atoms with Crippen LogP contribution in [0.4, 0.5) is 11.6 Å². The maximum absolute atomic E-state index is 12.4. The standard InChI is InChI=1S/C21H22N4O3/c1-3-28-19-11-7-5-9-17(19)25-21-23-13-16(14-24-21)20(26)22-12-15-8-4-6-10-18(15)27-2/h4-11,13-14H,3,12H2,1-2H3,(H,22,26)(H,23,24,25). The van der Waals surface area contributed by atoms with Crippen molar-refractivity contribution in [3.05, 3.63) is 72.1 Å². The van der Waals surface area contributed by atoms with Crippen molar-refractivity contribution in [3.63, 3.8) is 0 Å².